The fourth-order valence-corrected chi connectivity index (χ4v) is 3.88. The van der Waals surface area contributed by atoms with E-state index in [4.69, 9.17) is 4.42 Å². The Kier molecular flexibility index (Phi) is 5.92. The number of nitrogens with one attached hydrogen (secondary N) is 2. The largest absolute Gasteiger partial charge is 0.468 e. The number of hydrogen-bond acceptors (Lipinski definition) is 6. The molecule has 1 aromatic carbocycles. The van der Waals surface area contributed by atoms with E-state index in [0.717, 1.165) is 12.2 Å². The molecule has 1 amide bonds. The highest BCUT2D eigenvalue weighted by Crippen LogP contribution is 2.16. The molecular weight excluding hydrogens is 368 g/mol. The molecule has 1 aliphatic heterocycles. The van der Waals surface area contributed by atoms with Gasteiger partial charge in [0.25, 0.3) is 10.0 Å². The van der Waals surface area contributed by atoms with Crippen LogP contribution in [0.2, 0.25) is 0 Å². The predicted molar refractivity (Wildman–Crippen MR) is 102 cm³/mol. The summed E-state index contributed by atoms with van der Waals surface area (Å²) in [4.78, 5) is 18.2. The Hall–Kier alpha value is -2.65. The van der Waals surface area contributed by atoms with Crippen LogP contribution in [0.3, 0.4) is 0 Å². The highest BCUT2D eigenvalue weighted by atomic mass is 32.2. The first-order valence-electron chi connectivity index (χ1n) is 8.59. The Balaban J connectivity index is 1.60. The average molecular weight is 390 g/mol. The van der Waals surface area contributed by atoms with Gasteiger partial charge < -0.3 is 9.73 Å². The number of amidine groups is 1. The van der Waals surface area contributed by atoms with Crippen LogP contribution in [0, 0.1) is 0 Å². The summed E-state index contributed by atoms with van der Waals surface area (Å²) in [5, 5.41) is 2.72. The number of carbonyl (C=O) groups is 1. The van der Waals surface area contributed by atoms with Crippen LogP contribution in [-0.2, 0) is 21.4 Å². The molecule has 0 aliphatic carbocycles. The van der Waals surface area contributed by atoms with Crippen LogP contribution in [0.25, 0.3) is 0 Å². The minimum atomic E-state index is -3.71. The van der Waals surface area contributed by atoms with E-state index in [9.17, 15) is 13.2 Å². The van der Waals surface area contributed by atoms with Crippen molar-refractivity contribution in [2.45, 2.75) is 24.3 Å². The number of benzene rings is 1. The predicted octanol–water partition coefficient (Wildman–Crippen LogP) is 1.82. The van der Waals surface area contributed by atoms with Gasteiger partial charge in [-0.25, -0.2) is 8.42 Å². The summed E-state index contributed by atoms with van der Waals surface area (Å²) >= 11 is 0. The second kappa shape index (κ2) is 8.36. The molecule has 2 N–H and O–H groups in total. The molecule has 1 aliphatic rings. The van der Waals surface area contributed by atoms with Crippen LogP contribution >= 0.6 is 0 Å². The lowest BCUT2D eigenvalue weighted by Gasteiger charge is -2.15. The molecule has 0 unspecified atom stereocenters. The molecule has 1 aromatic heterocycles. The van der Waals surface area contributed by atoms with E-state index in [1.54, 1.807) is 36.4 Å². The van der Waals surface area contributed by atoms with Gasteiger partial charge in [0.05, 0.1) is 24.2 Å². The number of rotatable bonds is 7. The van der Waals surface area contributed by atoms with Gasteiger partial charge in [-0.3, -0.25) is 19.4 Å². The molecule has 27 heavy (non-hydrogen) atoms. The maximum atomic E-state index is 12.5. The minimum absolute atomic E-state index is 0.0823. The van der Waals surface area contributed by atoms with Crippen molar-refractivity contribution in [2.75, 3.05) is 25.5 Å². The Morgan fingerprint density at radius 3 is 2.85 bits per heavy atom. The van der Waals surface area contributed by atoms with E-state index >= 15 is 0 Å². The lowest BCUT2D eigenvalue weighted by molar-refractivity contribution is -0.117. The molecule has 0 saturated carbocycles. The summed E-state index contributed by atoms with van der Waals surface area (Å²) in [5.41, 5.74) is 0.419. The van der Waals surface area contributed by atoms with Crippen molar-refractivity contribution in [2.24, 2.45) is 4.99 Å². The molecule has 8 nitrogen and oxygen atoms in total. The third-order valence-corrected chi connectivity index (χ3v) is 5.35. The summed E-state index contributed by atoms with van der Waals surface area (Å²) < 4.78 is 32.7. The maximum Gasteiger partial charge on any atom is 0.262 e. The Labute approximate surface area is 158 Å². The highest BCUT2D eigenvalue weighted by molar-refractivity contribution is 7.90. The zero-order valence-corrected chi connectivity index (χ0v) is 15.8. The van der Waals surface area contributed by atoms with E-state index in [-0.39, 0.29) is 17.3 Å². The van der Waals surface area contributed by atoms with Gasteiger partial charge in [-0.15, -0.1) is 0 Å². The van der Waals surface area contributed by atoms with Crippen LogP contribution < -0.4 is 10.0 Å². The highest BCUT2D eigenvalue weighted by Gasteiger charge is 2.19. The van der Waals surface area contributed by atoms with Crippen LogP contribution in [0.15, 0.2) is 57.0 Å². The van der Waals surface area contributed by atoms with Gasteiger partial charge >= 0.3 is 0 Å². The summed E-state index contributed by atoms with van der Waals surface area (Å²) in [7, 11) is -1.91. The zero-order valence-electron chi connectivity index (χ0n) is 15.0. The number of amides is 1. The van der Waals surface area contributed by atoms with Crippen LogP contribution in [0.5, 0.6) is 0 Å². The smallest absolute Gasteiger partial charge is 0.262 e. The molecule has 144 valence electrons. The molecule has 0 saturated heterocycles. The summed E-state index contributed by atoms with van der Waals surface area (Å²) in [5.74, 6) is 0.995. The van der Waals surface area contributed by atoms with E-state index in [1.807, 2.05) is 6.07 Å². The normalized spacial score (nSPS) is 14.2. The van der Waals surface area contributed by atoms with E-state index in [2.05, 4.69) is 15.0 Å². The first-order chi connectivity index (χ1) is 12.9. The lowest BCUT2D eigenvalue weighted by atomic mass is 10.3. The Morgan fingerprint density at radius 2 is 2.15 bits per heavy atom. The quantitative estimate of drug-likeness (QED) is 0.750. The van der Waals surface area contributed by atoms with E-state index < -0.39 is 10.0 Å². The van der Waals surface area contributed by atoms with Gasteiger partial charge in [0.1, 0.15) is 11.6 Å². The molecule has 0 spiro atoms. The number of anilines is 1. The SMILES string of the molecule is CN(CC(=O)Nc1cccc(S(=O)(=O)NC2=NCCC2)c1)Cc1ccco1. The number of furan rings is 1. The maximum absolute atomic E-state index is 12.5. The fraction of sp³-hybridized carbons (Fsp3) is 0.333. The molecule has 2 aromatic rings. The Morgan fingerprint density at radius 1 is 1.30 bits per heavy atom. The van der Waals surface area contributed by atoms with E-state index in [1.165, 1.54) is 12.1 Å². The summed E-state index contributed by atoms with van der Waals surface area (Å²) in [6.07, 6.45) is 3.05. The number of carbonyl (C=O) groups excluding carboxylic acids is 1. The van der Waals surface area contributed by atoms with Crippen molar-refractivity contribution in [3.63, 3.8) is 0 Å². The third kappa shape index (κ3) is 5.41. The number of sulfonamides is 1. The van der Waals surface area contributed by atoms with Crippen molar-refractivity contribution in [3.8, 4) is 0 Å². The van der Waals surface area contributed by atoms with Gasteiger partial charge in [0.15, 0.2) is 0 Å². The second-order valence-corrected chi connectivity index (χ2v) is 8.05. The van der Waals surface area contributed by atoms with Gasteiger partial charge in [-0.2, -0.15) is 0 Å². The molecule has 0 atom stereocenters. The van der Waals surface area contributed by atoms with Crippen molar-refractivity contribution in [3.05, 3.63) is 48.4 Å². The summed E-state index contributed by atoms with van der Waals surface area (Å²) in [6.45, 7) is 1.28. The minimum Gasteiger partial charge on any atom is -0.468 e. The number of hydrogen-bond donors (Lipinski definition) is 2. The first-order valence-corrected chi connectivity index (χ1v) is 10.1. The molecule has 9 heteroatoms. The summed E-state index contributed by atoms with van der Waals surface area (Å²) in [6, 6.07) is 9.79. The number of nitrogens with zero attached hydrogens (tertiary/aromatic N) is 2. The van der Waals surface area contributed by atoms with Gasteiger partial charge in [0, 0.05) is 18.7 Å². The molecular formula is C18H22N4O4S. The van der Waals surface area contributed by atoms with Gasteiger partial charge in [-0.05, 0) is 43.8 Å². The Bertz CT molecular complexity index is 923. The van der Waals surface area contributed by atoms with Crippen molar-refractivity contribution in [1.29, 1.82) is 0 Å². The number of likely N-dealkylation sites (N-methyl/N-ethyl adjacent to an activating group) is 1. The fourth-order valence-electron chi connectivity index (χ4n) is 2.75. The molecule has 0 fully saturated rings. The van der Waals surface area contributed by atoms with Crippen LogP contribution in [0.4, 0.5) is 5.69 Å². The van der Waals surface area contributed by atoms with Gasteiger partial charge in [0.2, 0.25) is 5.91 Å². The van der Waals surface area contributed by atoms with Crippen molar-refractivity contribution < 1.29 is 17.6 Å². The molecule has 2 heterocycles. The van der Waals surface area contributed by atoms with E-state index in [0.29, 0.717) is 31.0 Å². The molecule has 3 rings (SSSR count). The van der Waals surface area contributed by atoms with Gasteiger partial charge in [-0.1, -0.05) is 6.07 Å². The van der Waals surface area contributed by atoms with Crippen molar-refractivity contribution in [1.82, 2.24) is 9.62 Å². The van der Waals surface area contributed by atoms with Crippen LogP contribution in [0.1, 0.15) is 18.6 Å². The first kappa shape index (κ1) is 19.1. The van der Waals surface area contributed by atoms with Crippen LogP contribution in [-0.4, -0.2) is 45.2 Å². The molecule has 0 radical (unpaired) electrons. The number of aliphatic imine (C=N–C) groups is 1. The average Bonchev–Trinajstić information content (AvgIpc) is 3.28. The standard InChI is InChI=1S/C18H22N4O4S/c1-22(12-15-6-4-10-26-15)13-18(23)20-14-5-2-7-16(11-14)27(24,25)21-17-8-3-9-19-17/h2,4-7,10-11H,3,8-9,12-13H2,1H3,(H,19,21)(H,20,23). The topological polar surface area (TPSA) is 104 Å². The third-order valence-electron chi connectivity index (χ3n) is 3.97. The monoisotopic (exact) mass is 390 g/mol. The van der Waals surface area contributed by atoms with Crippen molar-refractivity contribution >= 4 is 27.5 Å². The molecule has 0 bridgehead atoms. The lowest BCUT2D eigenvalue weighted by Crippen LogP contribution is -2.30. The second-order valence-electron chi connectivity index (χ2n) is 6.37. The zero-order chi connectivity index (χ0) is 19.3.